The van der Waals surface area contributed by atoms with Crippen LogP contribution in [0.4, 0.5) is 5.69 Å². The minimum atomic E-state index is -0.401. The molecule has 2 aromatic carbocycles. The molecule has 0 saturated heterocycles. The van der Waals surface area contributed by atoms with Crippen LogP contribution in [0.2, 0.25) is 5.02 Å². The zero-order valence-electron chi connectivity index (χ0n) is 12.4. The number of aryl methyl sites for hydroxylation is 1. The predicted octanol–water partition coefficient (Wildman–Crippen LogP) is 3.62. The topological polar surface area (TPSA) is 55.4 Å². The Balaban J connectivity index is 2.05. The molecular formula is C17H16ClNO3. The molecule has 0 spiro atoms. The number of hydrogen-bond donors (Lipinski definition) is 1. The summed E-state index contributed by atoms with van der Waals surface area (Å²) < 4.78 is 4.66. The molecule has 0 aliphatic heterocycles. The number of nitrogens with one attached hydrogen (secondary N) is 1. The number of anilines is 1. The van der Waals surface area contributed by atoms with E-state index in [0.717, 1.165) is 11.1 Å². The highest BCUT2D eigenvalue weighted by Crippen LogP contribution is 2.18. The first kappa shape index (κ1) is 16.0. The number of hydrogen-bond acceptors (Lipinski definition) is 3. The van der Waals surface area contributed by atoms with Crippen LogP contribution in [0.25, 0.3) is 0 Å². The molecule has 0 saturated carbocycles. The van der Waals surface area contributed by atoms with Crippen LogP contribution in [-0.4, -0.2) is 19.0 Å². The monoisotopic (exact) mass is 317 g/mol. The van der Waals surface area contributed by atoms with Gasteiger partial charge < -0.3 is 10.1 Å². The van der Waals surface area contributed by atoms with Gasteiger partial charge in [0.25, 0.3) is 0 Å². The van der Waals surface area contributed by atoms with E-state index in [4.69, 9.17) is 11.6 Å². The summed E-state index contributed by atoms with van der Waals surface area (Å²) in [5.41, 5.74) is 2.81. The van der Waals surface area contributed by atoms with Crippen LogP contribution in [0.15, 0.2) is 42.5 Å². The first-order valence-electron chi connectivity index (χ1n) is 6.73. The molecule has 1 amide bonds. The maximum Gasteiger partial charge on any atom is 0.337 e. The largest absolute Gasteiger partial charge is 0.465 e. The molecule has 1 N–H and O–H groups in total. The lowest BCUT2D eigenvalue weighted by Gasteiger charge is -2.10. The smallest absolute Gasteiger partial charge is 0.337 e. The van der Waals surface area contributed by atoms with Gasteiger partial charge in [-0.3, -0.25) is 4.79 Å². The lowest BCUT2D eigenvalue weighted by Crippen LogP contribution is -2.15. The third kappa shape index (κ3) is 4.09. The van der Waals surface area contributed by atoms with Crippen LogP contribution in [0.1, 0.15) is 21.5 Å². The molecule has 2 rings (SSSR count). The molecular weight excluding hydrogens is 302 g/mol. The molecule has 0 aromatic heterocycles. The van der Waals surface area contributed by atoms with E-state index in [0.29, 0.717) is 16.3 Å². The van der Waals surface area contributed by atoms with E-state index >= 15 is 0 Å². The fourth-order valence-corrected chi connectivity index (χ4v) is 2.16. The van der Waals surface area contributed by atoms with Gasteiger partial charge in [-0.2, -0.15) is 0 Å². The summed E-state index contributed by atoms with van der Waals surface area (Å²) in [6, 6.07) is 12.1. The zero-order chi connectivity index (χ0) is 16.1. The third-order valence-electron chi connectivity index (χ3n) is 3.20. The Morgan fingerprint density at radius 1 is 1.14 bits per heavy atom. The van der Waals surface area contributed by atoms with Gasteiger partial charge in [-0.1, -0.05) is 23.7 Å². The van der Waals surface area contributed by atoms with Crippen molar-refractivity contribution in [1.82, 2.24) is 0 Å². The molecule has 0 fully saturated rings. The number of ether oxygens (including phenoxy) is 1. The summed E-state index contributed by atoms with van der Waals surface area (Å²) in [7, 11) is 1.33. The SMILES string of the molecule is COC(=O)c1ccc(NC(=O)Cc2ccc(Cl)cc2)c(C)c1. The van der Waals surface area contributed by atoms with Gasteiger partial charge in [0.05, 0.1) is 19.1 Å². The standard InChI is InChI=1S/C17H16ClNO3/c1-11-9-13(17(21)22-2)5-8-15(11)19-16(20)10-12-3-6-14(18)7-4-12/h3-9H,10H2,1-2H3,(H,19,20). The van der Waals surface area contributed by atoms with Crippen molar-refractivity contribution in [2.75, 3.05) is 12.4 Å². The predicted molar refractivity (Wildman–Crippen MR) is 86.3 cm³/mol. The third-order valence-corrected chi connectivity index (χ3v) is 3.45. The van der Waals surface area contributed by atoms with Gasteiger partial charge >= 0.3 is 5.97 Å². The number of halogens is 1. The van der Waals surface area contributed by atoms with Gasteiger partial charge in [0, 0.05) is 10.7 Å². The quantitative estimate of drug-likeness (QED) is 0.876. The molecule has 0 heterocycles. The van der Waals surface area contributed by atoms with Gasteiger partial charge in [0.2, 0.25) is 5.91 Å². The number of methoxy groups -OCH3 is 1. The molecule has 0 radical (unpaired) electrons. The number of esters is 1. The van der Waals surface area contributed by atoms with Crippen molar-refractivity contribution in [2.24, 2.45) is 0 Å². The highest BCUT2D eigenvalue weighted by atomic mass is 35.5. The first-order valence-corrected chi connectivity index (χ1v) is 7.10. The molecule has 0 atom stereocenters. The van der Waals surface area contributed by atoms with Crippen molar-refractivity contribution < 1.29 is 14.3 Å². The molecule has 0 bridgehead atoms. The summed E-state index contributed by atoms with van der Waals surface area (Å²) in [4.78, 5) is 23.5. The molecule has 2 aromatic rings. The van der Waals surface area contributed by atoms with Crippen LogP contribution in [0.5, 0.6) is 0 Å². The molecule has 0 unspecified atom stereocenters. The van der Waals surface area contributed by atoms with Gasteiger partial charge in [-0.05, 0) is 48.4 Å². The van der Waals surface area contributed by atoms with Crippen LogP contribution in [0, 0.1) is 6.92 Å². The Kier molecular flexibility index (Phi) is 5.17. The maximum atomic E-state index is 12.1. The summed E-state index contributed by atoms with van der Waals surface area (Å²) in [5.74, 6) is -0.529. The van der Waals surface area contributed by atoms with Gasteiger partial charge in [-0.25, -0.2) is 4.79 Å². The van der Waals surface area contributed by atoms with Crippen molar-refractivity contribution in [3.8, 4) is 0 Å². The van der Waals surface area contributed by atoms with Crippen LogP contribution < -0.4 is 5.32 Å². The van der Waals surface area contributed by atoms with Crippen molar-refractivity contribution >= 4 is 29.2 Å². The van der Waals surface area contributed by atoms with Crippen molar-refractivity contribution in [3.05, 3.63) is 64.2 Å². The van der Waals surface area contributed by atoms with Crippen molar-refractivity contribution in [3.63, 3.8) is 0 Å². The van der Waals surface area contributed by atoms with Crippen LogP contribution in [0.3, 0.4) is 0 Å². The second-order valence-electron chi connectivity index (χ2n) is 4.87. The maximum absolute atomic E-state index is 12.1. The Labute approximate surface area is 134 Å². The van der Waals surface area contributed by atoms with Gasteiger partial charge in [0.15, 0.2) is 0 Å². The van der Waals surface area contributed by atoms with Crippen molar-refractivity contribution in [2.45, 2.75) is 13.3 Å². The average Bonchev–Trinajstić information content (AvgIpc) is 2.50. The molecule has 0 aliphatic rings. The Hall–Kier alpha value is -2.33. The fraction of sp³-hybridized carbons (Fsp3) is 0.176. The summed E-state index contributed by atoms with van der Waals surface area (Å²) in [5, 5.41) is 3.47. The summed E-state index contributed by atoms with van der Waals surface area (Å²) >= 11 is 5.81. The fourth-order valence-electron chi connectivity index (χ4n) is 2.03. The molecule has 22 heavy (non-hydrogen) atoms. The first-order chi connectivity index (χ1) is 10.5. The molecule has 114 valence electrons. The number of rotatable bonds is 4. The van der Waals surface area contributed by atoms with E-state index in [2.05, 4.69) is 10.1 Å². The minimum absolute atomic E-state index is 0.128. The van der Waals surface area contributed by atoms with Gasteiger partial charge in [0.1, 0.15) is 0 Å². The van der Waals surface area contributed by atoms with E-state index < -0.39 is 5.97 Å². The highest BCUT2D eigenvalue weighted by Gasteiger charge is 2.10. The van der Waals surface area contributed by atoms with E-state index in [1.165, 1.54) is 7.11 Å². The lowest BCUT2D eigenvalue weighted by molar-refractivity contribution is -0.115. The van der Waals surface area contributed by atoms with Gasteiger partial charge in [-0.15, -0.1) is 0 Å². The zero-order valence-corrected chi connectivity index (χ0v) is 13.1. The Bertz CT molecular complexity index is 696. The Morgan fingerprint density at radius 3 is 2.41 bits per heavy atom. The normalized spacial score (nSPS) is 10.1. The number of carbonyl (C=O) groups excluding carboxylic acids is 2. The number of carbonyl (C=O) groups is 2. The summed E-state index contributed by atoms with van der Waals surface area (Å²) in [6.07, 6.45) is 0.259. The van der Waals surface area contributed by atoms with Crippen LogP contribution in [-0.2, 0) is 16.0 Å². The van der Waals surface area contributed by atoms with E-state index in [9.17, 15) is 9.59 Å². The Morgan fingerprint density at radius 2 is 1.82 bits per heavy atom. The number of amides is 1. The van der Waals surface area contributed by atoms with Crippen LogP contribution >= 0.6 is 11.6 Å². The highest BCUT2D eigenvalue weighted by molar-refractivity contribution is 6.30. The average molecular weight is 318 g/mol. The lowest BCUT2D eigenvalue weighted by atomic mass is 10.1. The summed E-state index contributed by atoms with van der Waals surface area (Å²) in [6.45, 7) is 1.82. The van der Waals surface area contributed by atoms with E-state index in [1.54, 1.807) is 30.3 Å². The minimum Gasteiger partial charge on any atom is -0.465 e. The molecule has 4 nitrogen and oxygen atoms in total. The van der Waals surface area contributed by atoms with E-state index in [-0.39, 0.29) is 12.3 Å². The second-order valence-corrected chi connectivity index (χ2v) is 5.31. The molecule has 0 aliphatic carbocycles. The molecule has 5 heteroatoms. The van der Waals surface area contributed by atoms with E-state index in [1.807, 2.05) is 19.1 Å². The number of benzene rings is 2. The second kappa shape index (κ2) is 7.09. The van der Waals surface area contributed by atoms with Crippen molar-refractivity contribution in [1.29, 1.82) is 0 Å².